The van der Waals surface area contributed by atoms with Gasteiger partial charge in [0.05, 0.1) is 17.6 Å². The number of nitrogens with one attached hydrogen (secondary N) is 1. The molecule has 0 radical (unpaired) electrons. The Morgan fingerprint density at radius 3 is 2.24 bits per heavy atom. The lowest BCUT2D eigenvalue weighted by molar-refractivity contribution is -0.119. The normalized spacial score (nSPS) is 16.8. The van der Waals surface area contributed by atoms with Gasteiger partial charge in [-0.15, -0.1) is 0 Å². The topological polar surface area (TPSA) is 76.5 Å². The summed E-state index contributed by atoms with van der Waals surface area (Å²) in [6, 6.07) is 7.18. The van der Waals surface area contributed by atoms with Gasteiger partial charge in [-0.2, -0.15) is 9.78 Å². The van der Waals surface area contributed by atoms with E-state index in [1.165, 1.54) is 30.1 Å². The predicted octanol–water partition coefficient (Wildman–Crippen LogP) is 3.63. The molecule has 0 unspecified atom stereocenters. The van der Waals surface area contributed by atoms with Gasteiger partial charge in [-0.3, -0.25) is 9.59 Å². The molecule has 2 saturated heterocycles. The zero-order valence-electron chi connectivity index (χ0n) is 16.7. The summed E-state index contributed by atoms with van der Waals surface area (Å²) in [7, 11) is 1.68. The first-order chi connectivity index (χ1) is 14.1. The molecule has 2 aliphatic heterocycles. The van der Waals surface area contributed by atoms with Crippen molar-refractivity contribution in [1.29, 1.82) is 0 Å². The van der Waals surface area contributed by atoms with Gasteiger partial charge in [0.1, 0.15) is 5.02 Å². The molecule has 1 N–H and O–H groups in total. The number of nitrogens with zero attached hydrogens (tertiary/aromatic N) is 3. The van der Waals surface area contributed by atoms with E-state index >= 15 is 0 Å². The van der Waals surface area contributed by atoms with Gasteiger partial charge in [-0.1, -0.05) is 11.6 Å². The number of carbonyl (C=O) groups excluding carboxylic acids is 1. The van der Waals surface area contributed by atoms with Crippen molar-refractivity contribution < 1.29 is 9.53 Å². The fourth-order valence-corrected chi connectivity index (χ4v) is 3.55. The smallest absolute Gasteiger partial charge is 0.292 e. The average Bonchev–Trinajstić information content (AvgIpc) is 2.78. The number of piperidine rings is 1. The minimum absolute atomic E-state index is 0.0952. The van der Waals surface area contributed by atoms with Crippen molar-refractivity contribution >= 4 is 28.9 Å². The second kappa shape index (κ2) is 10.4. The highest BCUT2D eigenvalue weighted by molar-refractivity contribution is 6.32. The third-order valence-corrected chi connectivity index (χ3v) is 5.36. The van der Waals surface area contributed by atoms with E-state index in [0.29, 0.717) is 17.8 Å². The molecule has 2 aliphatic rings. The Balaban J connectivity index is 0.000000343. The largest absolute Gasteiger partial charge is 0.385 e. The summed E-state index contributed by atoms with van der Waals surface area (Å²) in [5.74, 6) is 0.140. The number of amides is 1. The SMILES string of the molecule is C1CCOCC1.CNc1cnn(-c2ccc(N3CCCCC3=O)cc2)c(=O)c1Cl. The predicted molar refractivity (Wildman–Crippen MR) is 115 cm³/mol. The number of anilines is 2. The van der Waals surface area contributed by atoms with E-state index in [0.717, 1.165) is 38.3 Å². The molecule has 0 bridgehead atoms. The number of rotatable bonds is 3. The summed E-state index contributed by atoms with van der Waals surface area (Å²) in [6.45, 7) is 2.74. The standard InChI is InChI=1S/C16H17ClN4O2.C5H10O/c1-18-13-10-19-21(16(23)15(13)17)12-7-5-11(6-8-12)20-9-3-2-4-14(20)22;1-2-4-6-5-3-1/h5-8,10,18H,2-4,9H2,1H3;1-5H2. The van der Waals surface area contributed by atoms with E-state index in [1.807, 2.05) is 12.1 Å². The Morgan fingerprint density at radius 1 is 1.00 bits per heavy atom. The molecular formula is C21H27ClN4O3. The van der Waals surface area contributed by atoms with Gasteiger partial charge < -0.3 is 15.0 Å². The number of aromatic nitrogens is 2. The van der Waals surface area contributed by atoms with Crippen molar-refractivity contribution in [3.63, 3.8) is 0 Å². The van der Waals surface area contributed by atoms with E-state index in [4.69, 9.17) is 16.3 Å². The Hall–Kier alpha value is -2.38. The van der Waals surface area contributed by atoms with Crippen LogP contribution in [0.5, 0.6) is 0 Å². The molecule has 1 aromatic carbocycles. The fraction of sp³-hybridized carbons (Fsp3) is 0.476. The van der Waals surface area contributed by atoms with Crippen molar-refractivity contribution in [2.45, 2.75) is 38.5 Å². The van der Waals surface area contributed by atoms with Crippen molar-refractivity contribution in [3.05, 3.63) is 45.8 Å². The van der Waals surface area contributed by atoms with Crippen LogP contribution < -0.4 is 15.8 Å². The van der Waals surface area contributed by atoms with Crippen LogP contribution in [0.15, 0.2) is 35.3 Å². The van der Waals surface area contributed by atoms with E-state index in [9.17, 15) is 9.59 Å². The third-order valence-electron chi connectivity index (χ3n) is 4.99. The molecule has 0 spiro atoms. The van der Waals surface area contributed by atoms with Gasteiger partial charge in [0.15, 0.2) is 0 Å². The van der Waals surface area contributed by atoms with Gasteiger partial charge >= 0.3 is 0 Å². The minimum Gasteiger partial charge on any atom is -0.385 e. The summed E-state index contributed by atoms with van der Waals surface area (Å²) >= 11 is 6.03. The first-order valence-electron chi connectivity index (χ1n) is 10.1. The van der Waals surface area contributed by atoms with Crippen LogP contribution in [0.25, 0.3) is 5.69 Å². The zero-order chi connectivity index (χ0) is 20.6. The van der Waals surface area contributed by atoms with Crippen molar-refractivity contribution in [2.24, 2.45) is 0 Å². The van der Waals surface area contributed by atoms with E-state index < -0.39 is 0 Å². The van der Waals surface area contributed by atoms with Crippen molar-refractivity contribution in [3.8, 4) is 5.69 Å². The van der Waals surface area contributed by atoms with Crippen LogP contribution >= 0.6 is 11.6 Å². The summed E-state index contributed by atoms with van der Waals surface area (Å²) in [6.07, 6.45) is 7.98. The lowest BCUT2D eigenvalue weighted by Gasteiger charge is -2.26. The Labute approximate surface area is 175 Å². The van der Waals surface area contributed by atoms with Crippen molar-refractivity contribution in [1.82, 2.24) is 9.78 Å². The second-order valence-corrected chi connectivity index (χ2v) is 7.41. The van der Waals surface area contributed by atoms with Crippen LogP contribution in [0, 0.1) is 0 Å². The van der Waals surface area contributed by atoms with Gasteiger partial charge in [-0.25, -0.2) is 0 Å². The highest BCUT2D eigenvalue weighted by atomic mass is 35.5. The Morgan fingerprint density at radius 2 is 1.69 bits per heavy atom. The summed E-state index contributed by atoms with van der Waals surface area (Å²) in [4.78, 5) is 26.0. The molecule has 3 heterocycles. The monoisotopic (exact) mass is 418 g/mol. The van der Waals surface area contributed by atoms with E-state index in [1.54, 1.807) is 24.1 Å². The maximum atomic E-state index is 12.3. The van der Waals surface area contributed by atoms with Crippen LogP contribution in [0.2, 0.25) is 5.02 Å². The molecule has 0 atom stereocenters. The summed E-state index contributed by atoms with van der Waals surface area (Å²) < 4.78 is 6.31. The van der Waals surface area contributed by atoms with Crippen LogP contribution in [-0.4, -0.2) is 42.5 Å². The summed E-state index contributed by atoms with van der Waals surface area (Å²) in [5.41, 5.74) is 1.54. The van der Waals surface area contributed by atoms with Crippen molar-refractivity contribution in [2.75, 3.05) is 37.0 Å². The second-order valence-electron chi connectivity index (χ2n) is 7.03. The molecule has 8 heteroatoms. The number of hydrogen-bond donors (Lipinski definition) is 1. The average molecular weight is 419 g/mol. The van der Waals surface area contributed by atoms with Crippen LogP contribution in [0.3, 0.4) is 0 Å². The molecule has 1 aromatic heterocycles. The summed E-state index contributed by atoms with van der Waals surface area (Å²) in [5, 5.41) is 7.03. The Kier molecular flexibility index (Phi) is 7.66. The van der Waals surface area contributed by atoms with Crippen LogP contribution in [-0.2, 0) is 9.53 Å². The van der Waals surface area contributed by atoms with Gasteiger partial charge in [0.25, 0.3) is 5.56 Å². The highest BCUT2D eigenvalue weighted by Crippen LogP contribution is 2.22. The third kappa shape index (κ3) is 5.36. The molecule has 29 heavy (non-hydrogen) atoms. The lowest BCUT2D eigenvalue weighted by atomic mass is 10.1. The maximum absolute atomic E-state index is 12.3. The fourth-order valence-electron chi connectivity index (χ4n) is 3.33. The minimum atomic E-state index is -0.389. The van der Waals surface area contributed by atoms with Gasteiger partial charge in [0.2, 0.25) is 5.91 Å². The number of benzene rings is 1. The molecule has 4 rings (SSSR count). The Bertz CT molecular complexity index is 867. The van der Waals surface area contributed by atoms with E-state index in [2.05, 4.69) is 10.4 Å². The molecule has 7 nitrogen and oxygen atoms in total. The molecule has 2 fully saturated rings. The zero-order valence-corrected chi connectivity index (χ0v) is 17.5. The molecule has 156 valence electrons. The maximum Gasteiger partial charge on any atom is 0.292 e. The molecular weight excluding hydrogens is 392 g/mol. The number of carbonyl (C=O) groups is 1. The number of hydrogen-bond acceptors (Lipinski definition) is 5. The number of ether oxygens (including phenoxy) is 1. The molecule has 0 saturated carbocycles. The molecule has 2 aromatic rings. The van der Waals surface area contributed by atoms with Crippen LogP contribution in [0.4, 0.5) is 11.4 Å². The van der Waals surface area contributed by atoms with Gasteiger partial charge in [0, 0.05) is 38.9 Å². The quantitative estimate of drug-likeness (QED) is 0.823. The first-order valence-corrected chi connectivity index (χ1v) is 10.4. The van der Waals surface area contributed by atoms with Crippen LogP contribution in [0.1, 0.15) is 38.5 Å². The lowest BCUT2D eigenvalue weighted by Crippen LogP contribution is -2.35. The number of halogens is 1. The molecule has 1 amide bonds. The molecule has 0 aliphatic carbocycles. The first kappa shape index (κ1) is 21.3. The van der Waals surface area contributed by atoms with E-state index in [-0.39, 0.29) is 16.5 Å². The van der Waals surface area contributed by atoms with Gasteiger partial charge in [-0.05, 0) is 56.4 Å². The highest BCUT2D eigenvalue weighted by Gasteiger charge is 2.19.